The Bertz CT molecular complexity index is 355. The van der Waals surface area contributed by atoms with Gasteiger partial charge in [-0.05, 0) is 24.2 Å². The first-order chi connectivity index (χ1) is 8.21. The molecule has 0 aromatic heterocycles. The molecule has 0 spiro atoms. The molecule has 1 aliphatic heterocycles. The highest BCUT2D eigenvalue weighted by atomic mass is 16.4. The monoisotopic (exact) mass is 253 g/mol. The molecule has 4 heteroatoms. The Labute approximate surface area is 109 Å². The standard InChI is InChI=1S/C14H23NO3/c1-10(13(17)18)9-15-8-7-11(14(2,3)4)5-6-12(15)16/h11H,1,5-9H2,2-4H3,(H,17,18). The van der Waals surface area contributed by atoms with Crippen LogP contribution in [0.15, 0.2) is 12.2 Å². The van der Waals surface area contributed by atoms with E-state index in [9.17, 15) is 9.59 Å². The summed E-state index contributed by atoms with van der Waals surface area (Å²) in [5.41, 5.74) is 0.276. The van der Waals surface area contributed by atoms with E-state index in [0.717, 1.165) is 12.8 Å². The molecule has 1 N–H and O–H groups in total. The quantitative estimate of drug-likeness (QED) is 0.785. The number of nitrogens with zero attached hydrogens (tertiary/aromatic N) is 1. The number of carbonyl (C=O) groups is 2. The first kappa shape index (κ1) is 14.7. The molecule has 1 heterocycles. The van der Waals surface area contributed by atoms with Crippen molar-refractivity contribution >= 4 is 11.9 Å². The number of rotatable bonds is 3. The summed E-state index contributed by atoms with van der Waals surface area (Å²) in [6.45, 7) is 10.8. The average Bonchev–Trinajstić information content (AvgIpc) is 2.41. The lowest BCUT2D eigenvalue weighted by molar-refractivity contribution is -0.133. The van der Waals surface area contributed by atoms with Crippen LogP contribution in [0.4, 0.5) is 0 Å². The van der Waals surface area contributed by atoms with E-state index in [4.69, 9.17) is 5.11 Å². The number of amides is 1. The highest BCUT2D eigenvalue weighted by Gasteiger charge is 2.30. The van der Waals surface area contributed by atoms with Crippen molar-refractivity contribution < 1.29 is 14.7 Å². The number of aliphatic carboxylic acids is 1. The first-order valence-electron chi connectivity index (χ1n) is 6.40. The number of carboxylic acids is 1. The Morgan fingerprint density at radius 3 is 2.56 bits per heavy atom. The molecule has 0 radical (unpaired) electrons. The SMILES string of the molecule is C=C(CN1CCC(C(C)(C)C)CCC1=O)C(=O)O. The minimum atomic E-state index is -1.03. The summed E-state index contributed by atoms with van der Waals surface area (Å²) in [5.74, 6) is -0.479. The fourth-order valence-corrected chi connectivity index (χ4v) is 2.37. The van der Waals surface area contributed by atoms with Crippen molar-refractivity contribution in [2.24, 2.45) is 11.3 Å². The molecule has 1 unspecified atom stereocenters. The second-order valence-electron chi connectivity index (χ2n) is 6.11. The fourth-order valence-electron chi connectivity index (χ4n) is 2.37. The lowest BCUT2D eigenvalue weighted by Gasteiger charge is -2.29. The molecule has 1 aliphatic rings. The van der Waals surface area contributed by atoms with Crippen molar-refractivity contribution in [3.63, 3.8) is 0 Å². The predicted molar refractivity (Wildman–Crippen MR) is 70.2 cm³/mol. The lowest BCUT2D eigenvalue weighted by Crippen LogP contribution is -2.33. The zero-order valence-electron chi connectivity index (χ0n) is 11.5. The third-order valence-corrected chi connectivity index (χ3v) is 3.72. The maximum Gasteiger partial charge on any atom is 0.332 e. The molecule has 0 bridgehead atoms. The molecular weight excluding hydrogens is 230 g/mol. The van der Waals surface area contributed by atoms with Crippen molar-refractivity contribution in [2.45, 2.75) is 40.0 Å². The van der Waals surface area contributed by atoms with Crippen molar-refractivity contribution in [3.05, 3.63) is 12.2 Å². The van der Waals surface area contributed by atoms with Crippen molar-refractivity contribution in [1.29, 1.82) is 0 Å². The second kappa shape index (κ2) is 5.55. The molecule has 1 amide bonds. The van der Waals surface area contributed by atoms with Gasteiger partial charge in [-0.3, -0.25) is 4.79 Å². The van der Waals surface area contributed by atoms with Gasteiger partial charge in [0.25, 0.3) is 0 Å². The topological polar surface area (TPSA) is 57.6 Å². The number of hydrogen-bond donors (Lipinski definition) is 1. The molecule has 0 aromatic carbocycles. The molecule has 102 valence electrons. The molecule has 4 nitrogen and oxygen atoms in total. The molecular formula is C14H23NO3. The van der Waals surface area contributed by atoms with Crippen molar-refractivity contribution in [3.8, 4) is 0 Å². The molecule has 0 aliphatic carbocycles. The highest BCUT2D eigenvalue weighted by molar-refractivity contribution is 5.87. The van der Waals surface area contributed by atoms with Gasteiger partial charge in [0.2, 0.25) is 5.91 Å². The van der Waals surface area contributed by atoms with Crippen LogP contribution in [0, 0.1) is 11.3 Å². The van der Waals surface area contributed by atoms with Crippen LogP contribution in [0.2, 0.25) is 0 Å². The zero-order valence-corrected chi connectivity index (χ0v) is 11.5. The van der Waals surface area contributed by atoms with Crippen LogP contribution in [-0.4, -0.2) is 35.0 Å². The third kappa shape index (κ3) is 3.86. The van der Waals surface area contributed by atoms with Gasteiger partial charge in [0.05, 0.1) is 6.54 Å². The van der Waals surface area contributed by atoms with Crippen LogP contribution in [0.3, 0.4) is 0 Å². The Balaban J connectivity index is 2.65. The summed E-state index contributed by atoms with van der Waals surface area (Å²) < 4.78 is 0. The summed E-state index contributed by atoms with van der Waals surface area (Å²) in [6, 6.07) is 0. The van der Waals surface area contributed by atoms with E-state index in [0.29, 0.717) is 18.9 Å². The molecule has 1 rings (SSSR count). The van der Waals surface area contributed by atoms with Crippen LogP contribution < -0.4 is 0 Å². The molecule has 1 atom stereocenters. The van der Waals surface area contributed by atoms with Crippen LogP contribution in [0.5, 0.6) is 0 Å². The minimum absolute atomic E-state index is 0.0455. The summed E-state index contributed by atoms with van der Waals surface area (Å²) in [4.78, 5) is 24.3. The van der Waals surface area contributed by atoms with Crippen LogP contribution in [0.1, 0.15) is 40.0 Å². The molecule has 1 fully saturated rings. The maximum atomic E-state index is 11.9. The Hall–Kier alpha value is -1.32. The molecule has 18 heavy (non-hydrogen) atoms. The Morgan fingerprint density at radius 1 is 1.44 bits per heavy atom. The van der Waals surface area contributed by atoms with Gasteiger partial charge in [-0.15, -0.1) is 0 Å². The van der Waals surface area contributed by atoms with Gasteiger partial charge in [0.15, 0.2) is 0 Å². The van der Waals surface area contributed by atoms with Crippen molar-refractivity contribution in [2.75, 3.05) is 13.1 Å². The molecule has 0 aromatic rings. The summed E-state index contributed by atoms with van der Waals surface area (Å²) in [7, 11) is 0. The predicted octanol–water partition coefficient (Wildman–Crippen LogP) is 2.30. The lowest BCUT2D eigenvalue weighted by atomic mass is 9.77. The summed E-state index contributed by atoms with van der Waals surface area (Å²) >= 11 is 0. The largest absolute Gasteiger partial charge is 0.478 e. The van der Waals surface area contributed by atoms with Crippen molar-refractivity contribution in [1.82, 2.24) is 4.90 Å². The van der Waals surface area contributed by atoms with Crippen LogP contribution >= 0.6 is 0 Å². The third-order valence-electron chi connectivity index (χ3n) is 3.72. The average molecular weight is 253 g/mol. The van der Waals surface area contributed by atoms with Gasteiger partial charge >= 0.3 is 5.97 Å². The van der Waals surface area contributed by atoms with Gasteiger partial charge in [0.1, 0.15) is 0 Å². The van der Waals surface area contributed by atoms with Gasteiger partial charge in [-0.1, -0.05) is 27.4 Å². The van der Waals surface area contributed by atoms with Gasteiger partial charge < -0.3 is 10.0 Å². The Morgan fingerprint density at radius 2 is 2.06 bits per heavy atom. The number of carboxylic acid groups (broad SMARTS) is 1. The second-order valence-corrected chi connectivity index (χ2v) is 6.11. The van der Waals surface area contributed by atoms with E-state index in [-0.39, 0.29) is 23.4 Å². The minimum Gasteiger partial charge on any atom is -0.478 e. The zero-order chi connectivity index (χ0) is 13.9. The highest BCUT2D eigenvalue weighted by Crippen LogP contribution is 2.34. The summed E-state index contributed by atoms with van der Waals surface area (Å²) in [6.07, 6.45) is 2.33. The number of likely N-dealkylation sites (tertiary alicyclic amines) is 1. The summed E-state index contributed by atoms with van der Waals surface area (Å²) in [5, 5.41) is 8.81. The van der Waals surface area contributed by atoms with Crippen LogP contribution in [0.25, 0.3) is 0 Å². The van der Waals surface area contributed by atoms with Gasteiger partial charge in [-0.2, -0.15) is 0 Å². The van der Waals surface area contributed by atoms with Gasteiger partial charge in [0, 0.05) is 18.5 Å². The first-order valence-corrected chi connectivity index (χ1v) is 6.40. The van der Waals surface area contributed by atoms with E-state index in [1.807, 2.05) is 0 Å². The van der Waals surface area contributed by atoms with E-state index >= 15 is 0 Å². The Kier molecular flexibility index (Phi) is 4.54. The molecule has 0 saturated carbocycles. The van der Waals surface area contributed by atoms with E-state index in [1.54, 1.807) is 4.90 Å². The maximum absolute atomic E-state index is 11.9. The van der Waals surface area contributed by atoms with E-state index < -0.39 is 5.97 Å². The fraction of sp³-hybridized carbons (Fsp3) is 0.714. The number of carbonyl (C=O) groups excluding carboxylic acids is 1. The molecule has 1 saturated heterocycles. The van der Waals surface area contributed by atoms with E-state index in [2.05, 4.69) is 27.4 Å². The van der Waals surface area contributed by atoms with E-state index in [1.165, 1.54) is 0 Å². The normalized spacial score (nSPS) is 21.6. The van der Waals surface area contributed by atoms with Crippen LogP contribution in [-0.2, 0) is 9.59 Å². The van der Waals surface area contributed by atoms with Gasteiger partial charge in [-0.25, -0.2) is 4.79 Å². The number of hydrogen-bond acceptors (Lipinski definition) is 2. The smallest absolute Gasteiger partial charge is 0.332 e.